The lowest BCUT2D eigenvalue weighted by Gasteiger charge is -1.95. The van der Waals surface area contributed by atoms with Crippen LogP contribution in [0, 0.1) is 0 Å². The molecule has 0 fully saturated rings. The lowest BCUT2D eigenvalue weighted by Crippen LogP contribution is -2.10. The summed E-state index contributed by atoms with van der Waals surface area (Å²) in [6.45, 7) is 0.440. The molecule has 10 heavy (non-hydrogen) atoms. The molecule has 56 valence electrons. The van der Waals surface area contributed by atoms with Gasteiger partial charge in [-0.05, 0) is 0 Å². The molecule has 1 aromatic heterocycles. The van der Waals surface area contributed by atoms with Crippen LogP contribution in [-0.2, 0) is 13.6 Å². The van der Waals surface area contributed by atoms with E-state index in [0.717, 1.165) is 11.5 Å². The van der Waals surface area contributed by atoms with Gasteiger partial charge in [0, 0.05) is 19.7 Å². The van der Waals surface area contributed by atoms with Gasteiger partial charge in [-0.1, -0.05) is 0 Å². The highest BCUT2D eigenvalue weighted by atomic mass is 15.4. The second-order valence-electron chi connectivity index (χ2n) is 1.99. The van der Waals surface area contributed by atoms with Crippen molar-refractivity contribution in [2.75, 3.05) is 5.43 Å². The van der Waals surface area contributed by atoms with Crippen LogP contribution < -0.4 is 17.0 Å². The minimum absolute atomic E-state index is 0.440. The van der Waals surface area contributed by atoms with Gasteiger partial charge in [0.25, 0.3) is 0 Å². The van der Waals surface area contributed by atoms with E-state index in [-0.39, 0.29) is 0 Å². The molecule has 0 radical (unpaired) electrons. The molecule has 5 heteroatoms. The summed E-state index contributed by atoms with van der Waals surface area (Å²) in [5, 5.41) is 4.05. The van der Waals surface area contributed by atoms with Gasteiger partial charge >= 0.3 is 0 Å². The number of aromatic nitrogens is 2. The average Bonchev–Trinajstić information content (AvgIpc) is 2.30. The summed E-state index contributed by atoms with van der Waals surface area (Å²) in [6.07, 6.45) is 0. The van der Waals surface area contributed by atoms with Crippen LogP contribution in [0.5, 0.6) is 0 Å². The molecule has 0 aliphatic heterocycles. The molecular weight excluding hydrogens is 130 g/mol. The monoisotopic (exact) mass is 141 g/mol. The number of hydrogen-bond acceptors (Lipinski definition) is 4. The Hall–Kier alpha value is -1.07. The Labute approximate surface area is 59.0 Å². The predicted octanol–water partition coefficient (Wildman–Crippen LogP) is -0.836. The number of nitrogens with two attached hydrogens (primary N) is 2. The normalized spacial score (nSPS) is 9.90. The maximum absolute atomic E-state index is 5.34. The zero-order valence-electron chi connectivity index (χ0n) is 5.83. The van der Waals surface area contributed by atoms with Crippen LogP contribution in [0.2, 0.25) is 0 Å². The summed E-state index contributed by atoms with van der Waals surface area (Å²) in [4.78, 5) is 0. The zero-order chi connectivity index (χ0) is 7.56. The summed E-state index contributed by atoms with van der Waals surface area (Å²) in [5.41, 5.74) is 8.67. The minimum Gasteiger partial charge on any atom is -0.325 e. The first kappa shape index (κ1) is 7.04. The second kappa shape index (κ2) is 2.68. The van der Waals surface area contributed by atoms with E-state index in [2.05, 4.69) is 10.5 Å². The van der Waals surface area contributed by atoms with E-state index >= 15 is 0 Å². The maximum atomic E-state index is 5.34. The van der Waals surface area contributed by atoms with Crippen LogP contribution in [0.3, 0.4) is 0 Å². The molecule has 1 aromatic rings. The Kier molecular flexibility index (Phi) is 1.88. The van der Waals surface area contributed by atoms with Gasteiger partial charge in [-0.2, -0.15) is 5.10 Å². The van der Waals surface area contributed by atoms with E-state index in [1.807, 2.05) is 0 Å². The molecule has 1 rings (SSSR count). The highest BCUT2D eigenvalue weighted by Gasteiger charge is 1.99. The van der Waals surface area contributed by atoms with E-state index in [9.17, 15) is 0 Å². The number of hydrazine groups is 1. The maximum Gasteiger partial charge on any atom is 0.138 e. The summed E-state index contributed by atoms with van der Waals surface area (Å²) in [6, 6.07) is 1.81. The molecule has 0 saturated heterocycles. The summed E-state index contributed by atoms with van der Waals surface area (Å²) >= 11 is 0. The molecule has 0 atom stereocenters. The van der Waals surface area contributed by atoms with Crippen molar-refractivity contribution < 1.29 is 0 Å². The molecule has 5 N–H and O–H groups in total. The Balaban J connectivity index is 2.92. The van der Waals surface area contributed by atoms with Crippen molar-refractivity contribution >= 4 is 5.82 Å². The highest BCUT2D eigenvalue weighted by Crippen LogP contribution is 2.05. The van der Waals surface area contributed by atoms with Crippen LogP contribution in [-0.4, -0.2) is 9.78 Å². The van der Waals surface area contributed by atoms with Gasteiger partial charge in [0.1, 0.15) is 5.82 Å². The van der Waals surface area contributed by atoms with Crippen LogP contribution in [0.15, 0.2) is 6.07 Å². The first-order valence-corrected chi connectivity index (χ1v) is 2.97. The van der Waals surface area contributed by atoms with Crippen LogP contribution in [0.25, 0.3) is 0 Å². The number of nitrogen functional groups attached to an aromatic ring is 1. The fraction of sp³-hybridized carbons (Fsp3) is 0.400. The Morgan fingerprint density at radius 3 is 2.80 bits per heavy atom. The molecule has 0 saturated carbocycles. The number of nitrogens with zero attached hydrogens (tertiary/aromatic N) is 2. The van der Waals surface area contributed by atoms with Gasteiger partial charge in [-0.15, -0.1) is 0 Å². The first-order valence-electron chi connectivity index (χ1n) is 2.97. The molecule has 0 unspecified atom stereocenters. The molecule has 1 heterocycles. The molecule has 0 amide bonds. The number of nitrogens with one attached hydrogen (secondary N) is 1. The molecule has 0 aliphatic rings. The van der Waals surface area contributed by atoms with Crippen LogP contribution in [0.1, 0.15) is 5.69 Å². The summed E-state index contributed by atoms with van der Waals surface area (Å²) < 4.78 is 1.64. The number of anilines is 1. The van der Waals surface area contributed by atoms with Gasteiger partial charge < -0.3 is 11.2 Å². The zero-order valence-corrected chi connectivity index (χ0v) is 5.83. The molecule has 5 nitrogen and oxygen atoms in total. The van der Waals surface area contributed by atoms with Crippen molar-refractivity contribution in [2.24, 2.45) is 18.6 Å². The average molecular weight is 141 g/mol. The van der Waals surface area contributed by atoms with Gasteiger partial charge in [0.2, 0.25) is 0 Å². The van der Waals surface area contributed by atoms with Crippen molar-refractivity contribution in [1.82, 2.24) is 9.78 Å². The van der Waals surface area contributed by atoms with Crippen molar-refractivity contribution in [3.8, 4) is 0 Å². The van der Waals surface area contributed by atoms with E-state index in [1.165, 1.54) is 0 Å². The number of aryl methyl sites for hydroxylation is 1. The number of rotatable bonds is 2. The van der Waals surface area contributed by atoms with E-state index in [1.54, 1.807) is 17.8 Å². The fourth-order valence-corrected chi connectivity index (χ4v) is 0.761. The molecule has 0 bridgehead atoms. The van der Waals surface area contributed by atoms with E-state index in [0.29, 0.717) is 6.54 Å². The molecular formula is C5H11N5. The summed E-state index contributed by atoms with van der Waals surface area (Å²) in [7, 11) is 1.80. The second-order valence-corrected chi connectivity index (χ2v) is 1.99. The molecule has 0 aliphatic carbocycles. The third-order valence-corrected chi connectivity index (χ3v) is 1.29. The van der Waals surface area contributed by atoms with Gasteiger partial charge in [-0.3, -0.25) is 4.68 Å². The first-order chi connectivity index (χ1) is 4.77. The highest BCUT2D eigenvalue weighted by molar-refractivity contribution is 5.34. The van der Waals surface area contributed by atoms with Gasteiger partial charge in [-0.25, -0.2) is 5.84 Å². The molecule has 0 spiro atoms. The van der Waals surface area contributed by atoms with E-state index < -0.39 is 0 Å². The minimum atomic E-state index is 0.440. The van der Waals surface area contributed by atoms with E-state index in [4.69, 9.17) is 11.6 Å². The van der Waals surface area contributed by atoms with Crippen molar-refractivity contribution in [1.29, 1.82) is 0 Å². The topological polar surface area (TPSA) is 81.9 Å². The van der Waals surface area contributed by atoms with Crippen LogP contribution >= 0.6 is 0 Å². The smallest absolute Gasteiger partial charge is 0.138 e. The largest absolute Gasteiger partial charge is 0.325 e. The Bertz CT molecular complexity index is 216. The number of hydrogen-bond donors (Lipinski definition) is 3. The van der Waals surface area contributed by atoms with Crippen LogP contribution in [0.4, 0.5) is 5.82 Å². The lowest BCUT2D eigenvalue weighted by molar-refractivity contribution is 0.746. The van der Waals surface area contributed by atoms with Gasteiger partial charge in [0.15, 0.2) is 0 Å². The molecule has 0 aromatic carbocycles. The Morgan fingerprint density at radius 1 is 1.80 bits per heavy atom. The van der Waals surface area contributed by atoms with Crippen molar-refractivity contribution in [3.05, 3.63) is 11.8 Å². The van der Waals surface area contributed by atoms with Crippen molar-refractivity contribution in [3.63, 3.8) is 0 Å². The summed E-state index contributed by atoms with van der Waals surface area (Å²) in [5.74, 6) is 5.93. The standard InChI is InChI=1S/C5H11N5/c1-10-5(8-7)2-4(3-6)9-10/h2,8H,3,6-7H2,1H3. The fourth-order valence-electron chi connectivity index (χ4n) is 0.761. The SMILES string of the molecule is Cn1nc(CN)cc1NN. The third kappa shape index (κ3) is 1.09. The quantitative estimate of drug-likeness (QED) is 0.370. The van der Waals surface area contributed by atoms with Gasteiger partial charge in [0.05, 0.1) is 5.69 Å². The lowest BCUT2D eigenvalue weighted by atomic mass is 10.4. The third-order valence-electron chi connectivity index (χ3n) is 1.29. The van der Waals surface area contributed by atoms with Crippen molar-refractivity contribution in [2.45, 2.75) is 6.54 Å². The Morgan fingerprint density at radius 2 is 2.50 bits per heavy atom. The predicted molar refractivity (Wildman–Crippen MR) is 38.9 cm³/mol.